The lowest BCUT2D eigenvalue weighted by Crippen LogP contribution is -2.26. The molecule has 0 aromatic heterocycles. The minimum absolute atomic E-state index is 0.0907. The zero-order chi connectivity index (χ0) is 20.2. The minimum atomic E-state index is -0.0907. The predicted molar refractivity (Wildman–Crippen MR) is 116 cm³/mol. The largest absolute Gasteiger partial charge is 0.348 e. The summed E-state index contributed by atoms with van der Waals surface area (Å²) in [6.45, 7) is 9.64. The quantitative estimate of drug-likeness (QED) is 0.685. The van der Waals surface area contributed by atoms with Gasteiger partial charge in [-0.05, 0) is 46.9 Å². The molecule has 1 aliphatic carbocycles. The molecule has 0 unspecified atom stereocenters. The van der Waals surface area contributed by atoms with Gasteiger partial charge in [0.2, 0.25) is 0 Å². The summed E-state index contributed by atoms with van der Waals surface area (Å²) in [5, 5.41) is 3.00. The molecule has 2 heteroatoms. The maximum Gasteiger partial charge on any atom is 0.252 e. The average Bonchev–Trinajstić information content (AvgIpc) is 2.63. The van der Waals surface area contributed by atoms with Crippen molar-refractivity contribution < 1.29 is 4.79 Å². The number of hydrogen-bond acceptors (Lipinski definition) is 1. The molecule has 0 fully saturated rings. The number of carbonyl (C=O) groups excluding carboxylic acids is 1. The first kappa shape index (κ1) is 20.0. The van der Waals surface area contributed by atoms with Gasteiger partial charge in [-0.1, -0.05) is 88.1 Å². The van der Waals surface area contributed by atoms with E-state index in [0.29, 0.717) is 12.1 Å². The Labute approximate surface area is 169 Å². The third-order valence-corrected chi connectivity index (χ3v) is 4.99. The zero-order valence-electron chi connectivity index (χ0n) is 17.3. The molecule has 3 rings (SSSR count). The van der Waals surface area contributed by atoms with Crippen molar-refractivity contribution in [3.63, 3.8) is 0 Å². The highest BCUT2D eigenvalue weighted by atomic mass is 16.1. The van der Waals surface area contributed by atoms with E-state index >= 15 is 0 Å². The van der Waals surface area contributed by atoms with Crippen molar-refractivity contribution >= 4 is 5.91 Å². The van der Waals surface area contributed by atoms with Crippen LogP contribution in [0.5, 0.6) is 0 Å². The SMILES string of the molecule is CC1(C)C=C(C#Cc2ccccc2C(=O)NCc2ccccc2)CC(C)(C)C1. The lowest BCUT2D eigenvalue weighted by atomic mass is 9.67. The zero-order valence-corrected chi connectivity index (χ0v) is 17.3. The number of amides is 1. The third kappa shape index (κ3) is 5.36. The summed E-state index contributed by atoms with van der Waals surface area (Å²) < 4.78 is 0. The number of carbonyl (C=O) groups is 1. The first-order valence-electron chi connectivity index (χ1n) is 9.89. The number of allylic oxidation sites excluding steroid dienone is 2. The van der Waals surface area contributed by atoms with E-state index in [9.17, 15) is 4.79 Å². The van der Waals surface area contributed by atoms with Crippen molar-refractivity contribution in [3.8, 4) is 11.8 Å². The van der Waals surface area contributed by atoms with Gasteiger partial charge in [-0.3, -0.25) is 4.79 Å². The Kier molecular flexibility index (Phi) is 5.75. The van der Waals surface area contributed by atoms with Gasteiger partial charge in [-0.2, -0.15) is 0 Å². The second kappa shape index (κ2) is 8.07. The van der Waals surface area contributed by atoms with E-state index in [4.69, 9.17) is 0 Å². The van der Waals surface area contributed by atoms with Crippen LogP contribution < -0.4 is 5.32 Å². The fourth-order valence-electron chi connectivity index (χ4n) is 4.28. The van der Waals surface area contributed by atoms with Crippen molar-refractivity contribution in [2.24, 2.45) is 10.8 Å². The van der Waals surface area contributed by atoms with Crippen LogP contribution in [-0.4, -0.2) is 5.91 Å². The number of hydrogen-bond donors (Lipinski definition) is 1. The second-order valence-electron chi connectivity index (χ2n) is 9.14. The summed E-state index contributed by atoms with van der Waals surface area (Å²) in [6.07, 6.45) is 4.43. The molecule has 0 saturated carbocycles. The molecule has 144 valence electrons. The van der Waals surface area contributed by atoms with E-state index in [2.05, 4.69) is 50.9 Å². The Morgan fingerprint density at radius 1 is 0.964 bits per heavy atom. The summed E-state index contributed by atoms with van der Waals surface area (Å²) in [6, 6.07) is 17.5. The summed E-state index contributed by atoms with van der Waals surface area (Å²) in [4.78, 5) is 12.7. The summed E-state index contributed by atoms with van der Waals surface area (Å²) >= 11 is 0. The van der Waals surface area contributed by atoms with Gasteiger partial charge in [0, 0.05) is 12.1 Å². The number of benzene rings is 2. The molecule has 1 aliphatic rings. The van der Waals surface area contributed by atoms with Crippen molar-refractivity contribution in [1.29, 1.82) is 0 Å². The minimum Gasteiger partial charge on any atom is -0.348 e. The van der Waals surface area contributed by atoms with Crippen LogP contribution in [0.4, 0.5) is 0 Å². The number of nitrogens with one attached hydrogen (secondary N) is 1. The molecule has 0 aliphatic heterocycles. The van der Waals surface area contributed by atoms with Crippen molar-refractivity contribution in [1.82, 2.24) is 5.32 Å². The Morgan fingerprint density at radius 2 is 1.64 bits per heavy atom. The smallest absolute Gasteiger partial charge is 0.252 e. The van der Waals surface area contributed by atoms with Crippen molar-refractivity contribution in [2.75, 3.05) is 0 Å². The van der Waals surface area contributed by atoms with Crippen LogP contribution in [0.1, 0.15) is 62.0 Å². The Balaban J connectivity index is 1.79. The van der Waals surface area contributed by atoms with Crippen molar-refractivity contribution in [3.05, 3.63) is 82.9 Å². The Bertz CT molecular complexity index is 939. The summed E-state index contributed by atoms with van der Waals surface area (Å²) in [5.41, 5.74) is 4.04. The fraction of sp³-hybridized carbons (Fsp3) is 0.346. The van der Waals surface area contributed by atoms with Crippen LogP contribution in [0, 0.1) is 22.7 Å². The van der Waals surface area contributed by atoms with Gasteiger partial charge in [-0.25, -0.2) is 0 Å². The van der Waals surface area contributed by atoms with Crippen LogP contribution in [-0.2, 0) is 6.54 Å². The van der Waals surface area contributed by atoms with E-state index in [0.717, 1.165) is 24.0 Å². The lowest BCUT2D eigenvalue weighted by Gasteiger charge is -2.38. The topological polar surface area (TPSA) is 29.1 Å². The molecule has 2 aromatic carbocycles. The van der Waals surface area contributed by atoms with Crippen LogP contribution in [0.25, 0.3) is 0 Å². The molecule has 0 heterocycles. The van der Waals surface area contributed by atoms with Gasteiger partial charge < -0.3 is 5.32 Å². The second-order valence-corrected chi connectivity index (χ2v) is 9.14. The van der Waals surface area contributed by atoms with Crippen LogP contribution in [0.3, 0.4) is 0 Å². The van der Waals surface area contributed by atoms with E-state index in [1.165, 1.54) is 5.57 Å². The molecular weight excluding hydrogens is 342 g/mol. The number of rotatable bonds is 3. The average molecular weight is 372 g/mol. The third-order valence-electron chi connectivity index (χ3n) is 4.99. The molecule has 1 N–H and O–H groups in total. The van der Waals surface area contributed by atoms with Gasteiger partial charge in [0.25, 0.3) is 5.91 Å². The summed E-state index contributed by atoms with van der Waals surface area (Å²) in [7, 11) is 0. The van der Waals surface area contributed by atoms with E-state index in [-0.39, 0.29) is 16.7 Å². The highest BCUT2D eigenvalue weighted by Gasteiger charge is 2.32. The van der Waals surface area contributed by atoms with Crippen LogP contribution in [0.2, 0.25) is 0 Å². The maximum absolute atomic E-state index is 12.7. The standard InChI is InChI=1S/C26H29NO/c1-25(2)16-21(17-26(3,4)19-25)14-15-22-12-8-9-13-23(22)24(28)27-18-20-10-6-5-7-11-20/h5-13,16H,17-19H2,1-4H3,(H,27,28). The van der Waals surface area contributed by atoms with Gasteiger partial charge in [0.05, 0.1) is 5.56 Å². The molecule has 1 amide bonds. The van der Waals surface area contributed by atoms with Gasteiger partial charge >= 0.3 is 0 Å². The van der Waals surface area contributed by atoms with Crippen LogP contribution in [0.15, 0.2) is 66.2 Å². The van der Waals surface area contributed by atoms with E-state index in [1.807, 2.05) is 54.6 Å². The van der Waals surface area contributed by atoms with E-state index in [1.54, 1.807) is 0 Å². The molecular formula is C26H29NO. The normalized spacial score (nSPS) is 17.1. The first-order valence-corrected chi connectivity index (χ1v) is 9.89. The van der Waals surface area contributed by atoms with E-state index < -0.39 is 0 Å². The van der Waals surface area contributed by atoms with Gasteiger partial charge in [0.15, 0.2) is 0 Å². The van der Waals surface area contributed by atoms with Crippen molar-refractivity contribution in [2.45, 2.75) is 47.1 Å². The molecule has 2 nitrogen and oxygen atoms in total. The lowest BCUT2D eigenvalue weighted by molar-refractivity contribution is 0.0950. The highest BCUT2D eigenvalue weighted by molar-refractivity contribution is 5.96. The van der Waals surface area contributed by atoms with Gasteiger partial charge in [-0.15, -0.1) is 0 Å². The monoisotopic (exact) mass is 371 g/mol. The highest BCUT2D eigenvalue weighted by Crippen LogP contribution is 2.44. The molecule has 0 radical (unpaired) electrons. The summed E-state index contributed by atoms with van der Waals surface area (Å²) in [5.74, 6) is 6.52. The molecule has 0 saturated heterocycles. The predicted octanol–water partition coefficient (Wildman–Crippen LogP) is 5.74. The molecule has 2 aromatic rings. The molecule has 0 bridgehead atoms. The van der Waals surface area contributed by atoms with Gasteiger partial charge in [0.1, 0.15) is 0 Å². The molecule has 0 spiro atoms. The molecule has 0 atom stereocenters. The molecule has 28 heavy (non-hydrogen) atoms. The maximum atomic E-state index is 12.7. The Hall–Kier alpha value is -2.79. The Morgan fingerprint density at radius 3 is 2.36 bits per heavy atom. The first-order chi connectivity index (χ1) is 13.2. The van der Waals surface area contributed by atoms with Crippen LogP contribution >= 0.6 is 0 Å². The fourth-order valence-corrected chi connectivity index (χ4v) is 4.28.